The normalized spacial score (nSPS) is 9.41. The zero-order chi connectivity index (χ0) is 20.5. The highest BCUT2D eigenvalue weighted by Crippen LogP contribution is 2.27. The van der Waals surface area contributed by atoms with Gasteiger partial charge < -0.3 is 10.1 Å². The quantitative estimate of drug-likeness (QED) is 0.599. The highest BCUT2D eigenvalue weighted by molar-refractivity contribution is 5.71. The molecule has 0 saturated heterocycles. The second-order valence-corrected chi connectivity index (χ2v) is 6.09. The van der Waals surface area contributed by atoms with Crippen LogP contribution in [0.3, 0.4) is 0 Å². The Bertz CT molecular complexity index is 1150. The van der Waals surface area contributed by atoms with Gasteiger partial charge in [0.15, 0.2) is 5.57 Å². The minimum absolute atomic E-state index is 0.0768. The average molecular weight is 376 g/mol. The first kappa shape index (κ1) is 19.2. The number of hydrogen-bond donors (Lipinski definition) is 1. The number of allylic oxidation sites excluding steroid dienone is 2. The summed E-state index contributed by atoms with van der Waals surface area (Å²) in [5.41, 5.74) is 3.22. The first-order valence-electron chi connectivity index (χ1n) is 8.82. The molecular formula is C24H16N4O. The van der Waals surface area contributed by atoms with Crippen molar-refractivity contribution in [2.45, 2.75) is 6.61 Å². The molecule has 0 bridgehead atoms. The number of rotatable bonds is 6. The Kier molecular flexibility index (Phi) is 6.25. The van der Waals surface area contributed by atoms with Gasteiger partial charge in [0.25, 0.3) is 0 Å². The number of ether oxygens (including phenoxy) is 1. The lowest BCUT2D eigenvalue weighted by Gasteiger charge is -2.10. The van der Waals surface area contributed by atoms with Gasteiger partial charge in [-0.05, 0) is 41.0 Å². The van der Waals surface area contributed by atoms with Crippen molar-refractivity contribution < 1.29 is 4.74 Å². The van der Waals surface area contributed by atoms with E-state index in [1.54, 1.807) is 18.2 Å². The van der Waals surface area contributed by atoms with Crippen LogP contribution in [0, 0.1) is 34.0 Å². The molecule has 0 radical (unpaired) electrons. The molecule has 3 aromatic carbocycles. The summed E-state index contributed by atoms with van der Waals surface area (Å²) in [6.45, 7) is 0.479. The zero-order valence-corrected chi connectivity index (χ0v) is 15.5. The number of nitrogens with one attached hydrogen (secondary N) is 1. The molecule has 0 aliphatic heterocycles. The lowest BCUT2D eigenvalue weighted by atomic mass is 10.0. The van der Waals surface area contributed by atoms with Crippen molar-refractivity contribution in [3.63, 3.8) is 0 Å². The molecule has 3 rings (SSSR count). The molecular weight excluding hydrogens is 360 g/mol. The van der Waals surface area contributed by atoms with E-state index in [2.05, 4.69) is 5.32 Å². The van der Waals surface area contributed by atoms with Crippen LogP contribution in [-0.4, -0.2) is 0 Å². The lowest BCUT2D eigenvalue weighted by Crippen LogP contribution is -2.00. The molecule has 5 nitrogen and oxygen atoms in total. The van der Waals surface area contributed by atoms with Crippen LogP contribution in [0.1, 0.15) is 5.56 Å². The molecule has 138 valence electrons. The minimum atomic E-state index is -0.255. The van der Waals surface area contributed by atoms with Gasteiger partial charge in [0.05, 0.1) is 0 Å². The van der Waals surface area contributed by atoms with Gasteiger partial charge in [-0.1, -0.05) is 54.6 Å². The van der Waals surface area contributed by atoms with Gasteiger partial charge in [-0.15, -0.1) is 0 Å². The fourth-order valence-electron chi connectivity index (χ4n) is 2.71. The van der Waals surface area contributed by atoms with Crippen molar-refractivity contribution in [2.24, 2.45) is 0 Å². The number of benzene rings is 3. The molecule has 0 aliphatic carbocycles. The van der Waals surface area contributed by atoms with Crippen molar-refractivity contribution in [2.75, 3.05) is 5.32 Å². The third-order valence-electron chi connectivity index (χ3n) is 4.13. The number of anilines is 1. The van der Waals surface area contributed by atoms with Crippen LogP contribution in [0.15, 0.2) is 90.1 Å². The summed E-state index contributed by atoms with van der Waals surface area (Å²) in [6, 6.07) is 30.3. The van der Waals surface area contributed by atoms with E-state index in [0.717, 1.165) is 22.4 Å². The Hall–Kier alpha value is -4.53. The van der Waals surface area contributed by atoms with E-state index in [1.807, 2.05) is 78.9 Å². The summed E-state index contributed by atoms with van der Waals surface area (Å²) in [5, 5.41) is 30.0. The standard InChI is InChI=1S/C24H16N4O/c25-14-21(15-26)24(16-27)28-22-10-4-8-19(12-22)20-9-5-11-23(13-20)29-17-18-6-2-1-3-7-18/h1-13,28H,17H2. The van der Waals surface area contributed by atoms with Gasteiger partial charge in [0.1, 0.15) is 36.3 Å². The molecule has 0 amide bonds. The smallest absolute Gasteiger partial charge is 0.163 e. The lowest BCUT2D eigenvalue weighted by molar-refractivity contribution is 0.306. The van der Waals surface area contributed by atoms with Crippen LogP contribution < -0.4 is 10.1 Å². The summed E-state index contributed by atoms with van der Waals surface area (Å²) >= 11 is 0. The van der Waals surface area contributed by atoms with Crippen LogP contribution in [0.5, 0.6) is 5.75 Å². The Morgan fingerprint density at radius 1 is 0.759 bits per heavy atom. The van der Waals surface area contributed by atoms with E-state index < -0.39 is 0 Å². The van der Waals surface area contributed by atoms with E-state index in [9.17, 15) is 5.26 Å². The molecule has 3 aromatic rings. The van der Waals surface area contributed by atoms with Gasteiger partial charge in [-0.25, -0.2) is 0 Å². The molecule has 0 fully saturated rings. The predicted octanol–water partition coefficient (Wildman–Crippen LogP) is 5.17. The Morgan fingerprint density at radius 3 is 2.14 bits per heavy atom. The molecule has 0 aliphatic rings. The van der Waals surface area contributed by atoms with Gasteiger partial charge in [0.2, 0.25) is 0 Å². The Balaban J connectivity index is 1.81. The van der Waals surface area contributed by atoms with Crippen LogP contribution in [0.25, 0.3) is 11.1 Å². The summed E-state index contributed by atoms with van der Waals surface area (Å²) in [6.07, 6.45) is 0. The van der Waals surface area contributed by atoms with Crippen LogP contribution >= 0.6 is 0 Å². The summed E-state index contributed by atoms with van der Waals surface area (Å²) in [5.74, 6) is 0.749. The van der Waals surface area contributed by atoms with Crippen molar-refractivity contribution in [3.8, 4) is 35.1 Å². The summed E-state index contributed by atoms with van der Waals surface area (Å²) in [4.78, 5) is 0. The van der Waals surface area contributed by atoms with Gasteiger partial charge in [0, 0.05) is 5.69 Å². The van der Waals surface area contributed by atoms with E-state index >= 15 is 0 Å². The van der Waals surface area contributed by atoms with Crippen LogP contribution in [0.2, 0.25) is 0 Å². The average Bonchev–Trinajstić information content (AvgIpc) is 2.79. The fraction of sp³-hybridized carbons (Fsp3) is 0.0417. The molecule has 0 heterocycles. The molecule has 5 heteroatoms. The number of hydrogen-bond acceptors (Lipinski definition) is 5. The first-order chi connectivity index (χ1) is 14.2. The van der Waals surface area contributed by atoms with Crippen molar-refractivity contribution in [1.29, 1.82) is 15.8 Å². The van der Waals surface area contributed by atoms with E-state index in [0.29, 0.717) is 12.3 Å². The van der Waals surface area contributed by atoms with E-state index in [-0.39, 0.29) is 11.3 Å². The largest absolute Gasteiger partial charge is 0.489 e. The molecule has 29 heavy (non-hydrogen) atoms. The predicted molar refractivity (Wildman–Crippen MR) is 110 cm³/mol. The Labute approximate surface area is 169 Å². The van der Waals surface area contributed by atoms with Crippen LogP contribution in [-0.2, 0) is 6.61 Å². The molecule has 0 aromatic heterocycles. The maximum absolute atomic E-state index is 9.21. The highest BCUT2D eigenvalue weighted by Gasteiger charge is 2.07. The minimum Gasteiger partial charge on any atom is -0.489 e. The van der Waals surface area contributed by atoms with Crippen LogP contribution in [0.4, 0.5) is 5.69 Å². The summed E-state index contributed by atoms with van der Waals surface area (Å²) < 4.78 is 5.89. The molecule has 0 atom stereocenters. The molecule has 0 saturated carbocycles. The fourth-order valence-corrected chi connectivity index (χ4v) is 2.71. The zero-order valence-electron chi connectivity index (χ0n) is 15.5. The topological polar surface area (TPSA) is 92.6 Å². The maximum atomic E-state index is 9.21. The third kappa shape index (κ3) is 5.01. The van der Waals surface area contributed by atoms with Crippen molar-refractivity contribution >= 4 is 5.69 Å². The SMILES string of the molecule is N#CC(C#N)=C(C#N)Nc1cccc(-c2cccc(OCc3ccccc3)c2)c1. The van der Waals surface area contributed by atoms with Crippen molar-refractivity contribution in [1.82, 2.24) is 0 Å². The molecule has 0 unspecified atom stereocenters. The molecule has 1 N–H and O–H groups in total. The second-order valence-electron chi connectivity index (χ2n) is 6.09. The van der Waals surface area contributed by atoms with E-state index in [4.69, 9.17) is 15.3 Å². The molecule has 0 spiro atoms. The highest BCUT2D eigenvalue weighted by atomic mass is 16.5. The van der Waals surface area contributed by atoms with E-state index in [1.165, 1.54) is 0 Å². The van der Waals surface area contributed by atoms with Gasteiger partial charge >= 0.3 is 0 Å². The first-order valence-corrected chi connectivity index (χ1v) is 8.82. The monoisotopic (exact) mass is 376 g/mol. The Morgan fingerprint density at radius 2 is 1.45 bits per heavy atom. The van der Waals surface area contributed by atoms with Crippen molar-refractivity contribution in [3.05, 3.63) is 95.7 Å². The maximum Gasteiger partial charge on any atom is 0.163 e. The van der Waals surface area contributed by atoms with Gasteiger partial charge in [-0.2, -0.15) is 15.8 Å². The number of nitrogens with zero attached hydrogens (tertiary/aromatic N) is 3. The summed E-state index contributed by atoms with van der Waals surface area (Å²) in [7, 11) is 0. The third-order valence-corrected chi connectivity index (χ3v) is 4.13. The van der Waals surface area contributed by atoms with Gasteiger partial charge in [-0.3, -0.25) is 0 Å². The number of nitriles is 3. The second kappa shape index (κ2) is 9.42.